The summed E-state index contributed by atoms with van der Waals surface area (Å²) < 4.78 is 1.95. The summed E-state index contributed by atoms with van der Waals surface area (Å²) in [6.45, 7) is 2.03. The average Bonchev–Trinajstić information content (AvgIpc) is 3.16. The molecule has 0 aliphatic carbocycles. The number of anilines is 1. The molecule has 0 spiro atoms. The molecule has 0 saturated heterocycles. The Labute approximate surface area is 153 Å². The minimum atomic E-state index is -0.402. The molecule has 4 nitrogen and oxygen atoms in total. The molecule has 1 aromatic heterocycles. The quantitative estimate of drug-likeness (QED) is 0.545. The van der Waals surface area contributed by atoms with Crippen molar-refractivity contribution in [1.82, 2.24) is 4.57 Å². The van der Waals surface area contributed by atoms with E-state index in [1.807, 2.05) is 90.6 Å². The third-order valence-corrected chi connectivity index (χ3v) is 4.09. The summed E-state index contributed by atoms with van der Waals surface area (Å²) in [5.74, 6) is -0.402. The minimum absolute atomic E-state index is 0.0710. The summed E-state index contributed by atoms with van der Waals surface area (Å²) in [6, 6.07) is 21.3. The Bertz CT molecular complexity index is 978. The van der Waals surface area contributed by atoms with Crippen LogP contribution < -0.4 is 5.32 Å². The predicted molar refractivity (Wildman–Crippen MR) is 104 cm³/mol. The second-order valence-corrected chi connectivity index (χ2v) is 5.82. The molecule has 1 heterocycles. The summed E-state index contributed by atoms with van der Waals surface area (Å²) >= 11 is 0. The van der Waals surface area contributed by atoms with Crippen molar-refractivity contribution in [2.45, 2.75) is 13.3 Å². The zero-order valence-electron chi connectivity index (χ0n) is 14.5. The number of aromatic nitrogens is 1. The largest absolute Gasteiger partial charge is 0.323 e. The molecule has 3 aromatic rings. The third kappa shape index (κ3) is 3.90. The van der Waals surface area contributed by atoms with Crippen LogP contribution in [0.1, 0.15) is 18.1 Å². The Morgan fingerprint density at radius 1 is 1.12 bits per heavy atom. The fourth-order valence-corrected chi connectivity index (χ4v) is 2.71. The van der Waals surface area contributed by atoms with Crippen molar-refractivity contribution in [3.63, 3.8) is 0 Å². The van der Waals surface area contributed by atoms with Gasteiger partial charge in [-0.2, -0.15) is 5.26 Å². The van der Waals surface area contributed by atoms with Crippen molar-refractivity contribution < 1.29 is 4.79 Å². The van der Waals surface area contributed by atoms with Gasteiger partial charge in [-0.25, -0.2) is 0 Å². The highest BCUT2D eigenvalue weighted by molar-refractivity contribution is 6.09. The number of hydrogen-bond acceptors (Lipinski definition) is 2. The molecular formula is C22H19N3O. The first kappa shape index (κ1) is 17.2. The lowest BCUT2D eigenvalue weighted by Gasteiger charge is -2.08. The number of rotatable bonds is 5. The first-order chi connectivity index (χ1) is 12.7. The number of aryl methyl sites for hydroxylation is 1. The summed E-state index contributed by atoms with van der Waals surface area (Å²) in [7, 11) is 0. The number of hydrogen-bond donors (Lipinski definition) is 1. The molecule has 26 heavy (non-hydrogen) atoms. The van der Waals surface area contributed by atoms with Crippen molar-refractivity contribution >= 4 is 17.7 Å². The molecular weight excluding hydrogens is 322 g/mol. The highest BCUT2D eigenvalue weighted by Gasteiger charge is 2.11. The fraction of sp³-hybridized carbons (Fsp3) is 0.0909. The van der Waals surface area contributed by atoms with Crippen LogP contribution in [0.4, 0.5) is 5.69 Å². The van der Waals surface area contributed by atoms with E-state index < -0.39 is 5.91 Å². The number of carbonyl (C=O) groups excluding carboxylic acids is 1. The van der Waals surface area contributed by atoms with E-state index in [1.54, 1.807) is 6.08 Å². The van der Waals surface area contributed by atoms with Gasteiger partial charge in [-0.05, 0) is 47.9 Å². The van der Waals surface area contributed by atoms with Gasteiger partial charge in [-0.15, -0.1) is 0 Å². The van der Waals surface area contributed by atoms with Gasteiger partial charge in [0.1, 0.15) is 11.6 Å². The van der Waals surface area contributed by atoms with Crippen LogP contribution in [0.3, 0.4) is 0 Å². The van der Waals surface area contributed by atoms with Crippen LogP contribution in [-0.4, -0.2) is 10.5 Å². The maximum absolute atomic E-state index is 12.5. The van der Waals surface area contributed by atoms with Crippen molar-refractivity contribution in [3.05, 3.63) is 89.8 Å². The molecule has 4 heteroatoms. The summed E-state index contributed by atoms with van der Waals surface area (Å²) in [5.41, 5.74) is 3.66. The molecule has 2 aromatic carbocycles. The molecule has 0 fully saturated rings. The molecule has 1 amide bonds. The maximum Gasteiger partial charge on any atom is 0.266 e. The van der Waals surface area contributed by atoms with Crippen LogP contribution in [0.25, 0.3) is 11.8 Å². The van der Waals surface area contributed by atoms with Crippen LogP contribution in [-0.2, 0) is 11.2 Å². The summed E-state index contributed by atoms with van der Waals surface area (Å²) in [6.07, 6.45) is 6.20. The Morgan fingerprint density at radius 3 is 2.58 bits per heavy atom. The molecule has 0 radical (unpaired) electrons. The third-order valence-electron chi connectivity index (χ3n) is 4.09. The molecule has 0 bridgehead atoms. The first-order valence-corrected chi connectivity index (χ1v) is 8.45. The second kappa shape index (κ2) is 8.00. The minimum Gasteiger partial charge on any atom is -0.323 e. The Hall–Kier alpha value is -3.58. The van der Waals surface area contributed by atoms with Crippen LogP contribution in [0.5, 0.6) is 0 Å². The predicted octanol–water partition coefficient (Wildman–Crippen LogP) is 4.59. The summed E-state index contributed by atoms with van der Waals surface area (Å²) in [4.78, 5) is 12.5. The Balaban J connectivity index is 1.81. The lowest BCUT2D eigenvalue weighted by Crippen LogP contribution is -2.14. The van der Waals surface area contributed by atoms with Gasteiger partial charge >= 0.3 is 0 Å². The number of amides is 1. The Kier molecular flexibility index (Phi) is 5.31. The molecule has 128 valence electrons. The number of nitrogens with zero attached hydrogens (tertiary/aromatic N) is 2. The molecule has 0 aliphatic heterocycles. The van der Waals surface area contributed by atoms with Crippen LogP contribution in [0, 0.1) is 11.3 Å². The smallest absolute Gasteiger partial charge is 0.266 e. The first-order valence-electron chi connectivity index (χ1n) is 8.45. The van der Waals surface area contributed by atoms with E-state index in [2.05, 4.69) is 5.32 Å². The van der Waals surface area contributed by atoms with Crippen molar-refractivity contribution in [3.8, 4) is 11.8 Å². The zero-order chi connectivity index (χ0) is 18.4. The van der Waals surface area contributed by atoms with Crippen LogP contribution in [0.2, 0.25) is 0 Å². The van der Waals surface area contributed by atoms with Gasteiger partial charge in [-0.3, -0.25) is 4.79 Å². The van der Waals surface area contributed by atoms with Crippen molar-refractivity contribution in [2.75, 3.05) is 5.32 Å². The molecule has 0 atom stereocenters. The lowest BCUT2D eigenvalue weighted by atomic mass is 10.1. The van der Waals surface area contributed by atoms with E-state index in [0.717, 1.165) is 28.9 Å². The van der Waals surface area contributed by atoms with Gasteiger partial charge in [0.2, 0.25) is 0 Å². The van der Waals surface area contributed by atoms with Crippen LogP contribution in [0.15, 0.2) is 78.6 Å². The number of benzene rings is 2. The monoisotopic (exact) mass is 341 g/mol. The van der Waals surface area contributed by atoms with Crippen molar-refractivity contribution in [2.24, 2.45) is 0 Å². The number of nitriles is 1. The zero-order valence-corrected chi connectivity index (χ0v) is 14.5. The lowest BCUT2D eigenvalue weighted by molar-refractivity contribution is -0.112. The second-order valence-electron chi connectivity index (χ2n) is 5.82. The molecule has 0 aliphatic rings. The highest BCUT2D eigenvalue weighted by atomic mass is 16.1. The average molecular weight is 341 g/mol. The SMILES string of the molecule is CCc1ccccc1NC(=O)/C(C#N)=C/c1ccn(-c2ccccc2)c1. The topological polar surface area (TPSA) is 57.8 Å². The van der Waals surface area contributed by atoms with Gasteiger partial charge in [0.15, 0.2) is 0 Å². The highest BCUT2D eigenvalue weighted by Crippen LogP contribution is 2.18. The standard InChI is InChI=1S/C22H19N3O/c1-2-18-8-6-7-11-21(18)24-22(26)19(15-23)14-17-12-13-25(16-17)20-9-4-3-5-10-20/h3-14,16H,2H2,1H3,(H,24,26)/b19-14+. The number of nitrogens with one attached hydrogen (secondary N) is 1. The maximum atomic E-state index is 12.5. The van der Waals surface area contributed by atoms with Crippen LogP contribution >= 0.6 is 0 Å². The molecule has 0 saturated carbocycles. The fourth-order valence-electron chi connectivity index (χ4n) is 2.71. The van der Waals surface area contributed by atoms with Crippen molar-refractivity contribution in [1.29, 1.82) is 5.26 Å². The van der Waals surface area contributed by atoms with Gasteiger partial charge < -0.3 is 9.88 Å². The van der Waals surface area contributed by atoms with Gasteiger partial charge in [0.25, 0.3) is 5.91 Å². The van der Waals surface area contributed by atoms with Gasteiger partial charge in [0.05, 0.1) is 0 Å². The molecule has 0 unspecified atom stereocenters. The van der Waals surface area contributed by atoms with E-state index in [0.29, 0.717) is 0 Å². The van der Waals surface area contributed by atoms with E-state index in [1.165, 1.54) is 0 Å². The normalized spacial score (nSPS) is 11.0. The van der Waals surface area contributed by atoms with E-state index in [-0.39, 0.29) is 5.57 Å². The van der Waals surface area contributed by atoms with E-state index >= 15 is 0 Å². The summed E-state index contributed by atoms with van der Waals surface area (Å²) in [5, 5.41) is 12.2. The molecule has 3 rings (SSSR count). The van der Waals surface area contributed by atoms with E-state index in [9.17, 15) is 10.1 Å². The van der Waals surface area contributed by atoms with Gasteiger partial charge in [0, 0.05) is 23.8 Å². The van der Waals surface area contributed by atoms with Gasteiger partial charge in [-0.1, -0.05) is 43.3 Å². The van der Waals surface area contributed by atoms with E-state index in [4.69, 9.17) is 0 Å². The molecule has 1 N–H and O–H groups in total. The Morgan fingerprint density at radius 2 is 1.85 bits per heavy atom. The number of carbonyl (C=O) groups is 1. The number of para-hydroxylation sites is 2.